The first-order valence-electron chi connectivity index (χ1n) is 7.04. The Kier molecular flexibility index (Phi) is 4.62. The van der Waals surface area contributed by atoms with E-state index in [0.29, 0.717) is 5.69 Å². The number of nitrogen functional groups attached to an aromatic ring is 1. The molecule has 0 radical (unpaired) electrons. The Morgan fingerprint density at radius 2 is 1.90 bits per heavy atom. The topological polar surface area (TPSA) is 61.5 Å². The monoisotopic (exact) mass is 341 g/mol. The summed E-state index contributed by atoms with van der Waals surface area (Å²) in [4.78, 5) is 2.43. The average molecular weight is 342 g/mol. The van der Waals surface area contributed by atoms with Gasteiger partial charge in [0.1, 0.15) is 5.75 Å². The molecule has 0 spiro atoms. The van der Waals surface area contributed by atoms with Crippen molar-refractivity contribution >= 4 is 21.6 Å². The number of nitrogens with zero attached hydrogens (tertiary/aromatic N) is 1. The zero-order valence-electron chi connectivity index (χ0n) is 12.4. The summed E-state index contributed by atoms with van der Waals surface area (Å²) in [6.45, 7) is 10.5. The minimum atomic E-state index is 0.00509. The molecule has 112 valence electrons. The van der Waals surface area contributed by atoms with Gasteiger partial charge in [-0.3, -0.25) is 4.90 Å². The molecular weight excluding hydrogens is 318 g/mol. The van der Waals surface area contributed by atoms with Gasteiger partial charge < -0.3 is 16.2 Å². The molecule has 1 aromatic carbocycles. The minimum Gasteiger partial charge on any atom is -0.505 e. The smallest absolute Gasteiger partial charge is 0.144 e. The third kappa shape index (κ3) is 3.10. The van der Waals surface area contributed by atoms with Gasteiger partial charge in [0.2, 0.25) is 0 Å². The second-order valence-electron chi connectivity index (χ2n) is 6.45. The van der Waals surface area contributed by atoms with Crippen molar-refractivity contribution in [3.8, 4) is 5.75 Å². The van der Waals surface area contributed by atoms with Crippen LogP contribution >= 0.6 is 15.9 Å². The van der Waals surface area contributed by atoms with Crippen LogP contribution in [0.25, 0.3) is 0 Å². The molecule has 0 bridgehead atoms. The predicted octanol–water partition coefficient (Wildman–Crippen LogP) is 2.73. The lowest BCUT2D eigenvalue weighted by Crippen LogP contribution is -2.48. The van der Waals surface area contributed by atoms with Crippen molar-refractivity contribution in [3.63, 3.8) is 0 Å². The third-order valence-corrected chi connectivity index (χ3v) is 4.50. The zero-order valence-corrected chi connectivity index (χ0v) is 14.0. The molecule has 0 aliphatic carbocycles. The summed E-state index contributed by atoms with van der Waals surface area (Å²) in [5.74, 6) is 0.206. The van der Waals surface area contributed by atoms with Crippen LogP contribution in [0.1, 0.15) is 32.4 Å². The first kappa shape index (κ1) is 15.6. The predicted molar refractivity (Wildman–Crippen MR) is 86.9 cm³/mol. The molecule has 5 heteroatoms. The van der Waals surface area contributed by atoms with Crippen LogP contribution in [0.4, 0.5) is 5.69 Å². The van der Waals surface area contributed by atoms with Crippen molar-refractivity contribution in [1.82, 2.24) is 10.2 Å². The van der Waals surface area contributed by atoms with Crippen LogP contribution in [0.3, 0.4) is 0 Å². The molecule has 1 fully saturated rings. The van der Waals surface area contributed by atoms with Crippen molar-refractivity contribution in [2.24, 2.45) is 5.41 Å². The number of phenols is 1. The number of halogens is 1. The molecule has 1 aliphatic heterocycles. The molecule has 0 saturated carbocycles. The van der Waals surface area contributed by atoms with E-state index in [-0.39, 0.29) is 17.2 Å². The summed E-state index contributed by atoms with van der Waals surface area (Å²) in [6.07, 6.45) is 0. The number of phenolic OH excluding ortho intramolecular Hbond substituents is 1. The van der Waals surface area contributed by atoms with Crippen molar-refractivity contribution in [1.29, 1.82) is 0 Å². The fourth-order valence-corrected chi connectivity index (χ4v) is 3.50. The van der Waals surface area contributed by atoms with Crippen molar-refractivity contribution in [2.75, 3.05) is 31.9 Å². The number of anilines is 1. The summed E-state index contributed by atoms with van der Waals surface area (Å²) in [5, 5.41) is 13.8. The Morgan fingerprint density at radius 3 is 2.45 bits per heavy atom. The maximum absolute atomic E-state index is 10.4. The first-order chi connectivity index (χ1) is 9.32. The normalized spacial score (nSPS) is 19.0. The Bertz CT molecular complexity index is 479. The number of rotatable bonds is 2. The van der Waals surface area contributed by atoms with Gasteiger partial charge in [0.05, 0.1) is 5.69 Å². The quantitative estimate of drug-likeness (QED) is 0.571. The molecule has 4 nitrogen and oxygen atoms in total. The maximum Gasteiger partial charge on any atom is 0.144 e. The molecule has 4 N–H and O–H groups in total. The summed E-state index contributed by atoms with van der Waals surface area (Å²) in [7, 11) is 0. The zero-order chi connectivity index (χ0) is 14.9. The second kappa shape index (κ2) is 5.92. The fourth-order valence-electron chi connectivity index (χ4n) is 2.96. The molecule has 1 atom stereocenters. The van der Waals surface area contributed by atoms with Gasteiger partial charge in [-0.05, 0) is 17.5 Å². The van der Waals surface area contributed by atoms with Crippen LogP contribution in [-0.2, 0) is 0 Å². The highest BCUT2D eigenvalue weighted by Gasteiger charge is 2.36. The largest absolute Gasteiger partial charge is 0.505 e. The van der Waals surface area contributed by atoms with Crippen LogP contribution in [0.5, 0.6) is 5.75 Å². The van der Waals surface area contributed by atoms with Gasteiger partial charge in [0, 0.05) is 42.3 Å². The summed E-state index contributed by atoms with van der Waals surface area (Å²) in [5.41, 5.74) is 7.24. The van der Waals surface area contributed by atoms with Crippen LogP contribution in [-0.4, -0.2) is 36.2 Å². The summed E-state index contributed by atoms with van der Waals surface area (Å²) in [6, 6.07) is 3.79. The van der Waals surface area contributed by atoms with E-state index >= 15 is 0 Å². The number of hydrogen-bond acceptors (Lipinski definition) is 4. The van der Waals surface area contributed by atoms with Gasteiger partial charge in [-0.2, -0.15) is 0 Å². The number of benzene rings is 1. The Balaban J connectivity index is 2.49. The van der Waals surface area contributed by atoms with Gasteiger partial charge >= 0.3 is 0 Å². The van der Waals surface area contributed by atoms with Crippen LogP contribution in [0.15, 0.2) is 16.6 Å². The number of nitrogens with two attached hydrogens (primary N) is 1. The molecule has 1 saturated heterocycles. The number of aromatic hydroxyl groups is 1. The molecular formula is C15H24BrN3O. The second-order valence-corrected chi connectivity index (χ2v) is 7.31. The number of hydrogen-bond donors (Lipinski definition) is 3. The number of piperazine rings is 1. The van der Waals surface area contributed by atoms with E-state index in [9.17, 15) is 5.11 Å². The van der Waals surface area contributed by atoms with Crippen molar-refractivity contribution < 1.29 is 5.11 Å². The van der Waals surface area contributed by atoms with Gasteiger partial charge in [-0.1, -0.05) is 36.7 Å². The third-order valence-electron chi connectivity index (χ3n) is 3.81. The lowest BCUT2D eigenvalue weighted by atomic mass is 9.80. The number of nitrogens with one attached hydrogen (secondary N) is 1. The van der Waals surface area contributed by atoms with E-state index in [1.807, 2.05) is 6.07 Å². The molecule has 0 aromatic heterocycles. The van der Waals surface area contributed by atoms with E-state index in [1.165, 1.54) is 0 Å². The minimum absolute atomic E-state index is 0.00509. The van der Waals surface area contributed by atoms with Gasteiger partial charge in [0.25, 0.3) is 0 Å². The van der Waals surface area contributed by atoms with E-state index in [0.717, 1.165) is 36.2 Å². The Hall–Kier alpha value is -0.780. The molecule has 0 unspecified atom stereocenters. The van der Waals surface area contributed by atoms with Gasteiger partial charge in [0.15, 0.2) is 0 Å². The Labute approximate surface area is 129 Å². The molecule has 1 heterocycles. The lowest BCUT2D eigenvalue weighted by Gasteiger charge is -2.43. The molecule has 1 aliphatic rings. The standard InChI is InChI=1S/C15H24BrN3O/c1-15(2,3)14(19-8-6-18-7-9-19)12-10(16)4-5-11(17)13(12)20/h4-5,14,18,20H,6-9,17H2,1-3H3/t14-/m1/s1. The molecule has 2 rings (SSSR count). The molecule has 20 heavy (non-hydrogen) atoms. The average Bonchev–Trinajstić information content (AvgIpc) is 2.39. The highest BCUT2D eigenvalue weighted by atomic mass is 79.9. The van der Waals surface area contributed by atoms with E-state index < -0.39 is 0 Å². The summed E-state index contributed by atoms with van der Waals surface area (Å²) < 4.78 is 0.919. The van der Waals surface area contributed by atoms with Crippen molar-refractivity contribution in [2.45, 2.75) is 26.8 Å². The summed E-state index contributed by atoms with van der Waals surface area (Å²) >= 11 is 3.58. The highest BCUT2D eigenvalue weighted by Crippen LogP contribution is 2.46. The van der Waals surface area contributed by atoms with Crippen LogP contribution in [0.2, 0.25) is 0 Å². The molecule has 1 aromatic rings. The van der Waals surface area contributed by atoms with E-state index in [4.69, 9.17) is 5.73 Å². The highest BCUT2D eigenvalue weighted by molar-refractivity contribution is 9.10. The van der Waals surface area contributed by atoms with E-state index in [2.05, 4.69) is 46.9 Å². The van der Waals surface area contributed by atoms with Gasteiger partial charge in [-0.25, -0.2) is 0 Å². The Morgan fingerprint density at radius 1 is 1.30 bits per heavy atom. The van der Waals surface area contributed by atoms with Gasteiger partial charge in [-0.15, -0.1) is 0 Å². The van der Waals surface area contributed by atoms with Crippen molar-refractivity contribution in [3.05, 3.63) is 22.2 Å². The van der Waals surface area contributed by atoms with Crippen LogP contribution in [0, 0.1) is 5.41 Å². The van der Waals surface area contributed by atoms with E-state index in [1.54, 1.807) is 6.07 Å². The fraction of sp³-hybridized carbons (Fsp3) is 0.600. The van der Waals surface area contributed by atoms with Crippen LogP contribution < -0.4 is 11.1 Å². The lowest BCUT2D eigenvalue weighted by molar-refractivity contribution is 0.0838. The maximum atomic E-state index is 10.4. The molecule has 0 amide bonds. The first-order valence-corrected chi connectivity index (χ1v) is 7.83. The SMILES string of the molecule is CC(C)(C)[C@@H](c1c(Br)ccc(N)c1O)N1CCNCC1.